The van der Waals surface area contributed by atoms with Crippen molar-refractivity contribution in [2.75, 3.05) is 17.1 Å². The van der Waals surface area contributed by atoms with E-state index >= 15 is 0 Å². The molecule has 0 fully saturated rings. The molecule has 0 aromatic heterocycles. The van der Waals surface area contributed by atoms with Crippen molar-refractivity contribution >= 4 is 21.6 Å². The first kappa shape index (κ1) is 22.9. The zero-order chi connectivity index (χ0) is 21.6. The zero-order valence-corrected chi connectivity index (χ0v) is 18.8. The smallest absolute Gasteiger partial charge is 0.232 e. The number of sulfonamides is 1. The molecule has 1 atom stereocenters. The van der Waals surface area contributed by atoms with Crippen LogP contribution in [-0.2, 0) is 14.8 Å². The Morgan fingerprint density at radius 3 is 2.24 bits per heavy atom. The molecule has 5 nitrogen and oxygen atoms in total. The number of carbonyl (C=O) groups excluding carboxylic acids is 1. The van der Waals surface area contributed by atoms with Gasteiger partial charge >= 0.3 is 0 Å². The fourth-order valence-electron chi connectivity index (χ4n) is 3.24. The predicted molar refractivity (Wildman–Crippen MR) is 120 cm³/mol. The van der Waals surface area contributed by atoms with Gasteiger partial charge in [0, 0.05) is 13.0 Å². The van der Waals surface area contributed by atoms with E-state index in [1.165, 1.54) is 16.1 Å². The summed E-state index contributed by atoms with van der Waals surface area (Å²) in [4.78, 5) is 12.4. The van der Waals surface area contributed by atoms with Crippen LogP contribution in [0.4, 0.5) is 5.69 Å². The molecule has 1 unspecified atom stereocenters. The van der Waals surface area contributed by atoms with Gasteiger partial charge in [-0.15, -0.1) is 0 Å². The molecule has 0 aliphatic rings. The van der Waals surface area contributed by atoms with Crippen LogP contribution >= 0.6 is 0 Å². The third-order valence-corrected chi connectivity index (χ3v) is 6.36. The quantitative estimate of drug-likeness (QED) is 0.658. The maximum absolute atomic E-state index is 12.4. The van der Waals surface area contributed by atoms with E-state index in [1.54, 1.807) is 0 Å². The lowest BCUT2D eigenvalue weighted by Gasteiger charge is -2.23. The Balaban J connectivity index is 1.98. The van der Waals surface area contributed by atoms with Crippen LogP contribution in [0, 0.1) is 20.8 Å². The number of carbonyl (C=O) groups is 1. The fraction of sp³-hybridized carbons (Fsp3) is 0.435. The Labute approximate surface area is 175 Å². The molecule has 0 heterocycles. The molecule has 0 aliphatic heterocycles. The van der Waals surface area contributed by atoms with Gasteiger partial charge < -0.3 is 5.32 Å². The second-order valence-corrected chi connectivity index (χ2v) is 9.55. The molecular formula is C23H32N2O3S. The minimum atomic E-state index is -3.42. The fourth-order valence-corrected chi connectivity index (χ4v) is 4.19. The molecule has 0 bridgehead atoms. The van der Waals surface area contributed by atoms with E-state index in [0.29, 0.717) is 12.1 Å². The Hall–Kier alpha value is -2.34. The van der Waals surface area contributed by atoms with Crippen LogP contribution < -0.4 is 9.62 Å². The number of hydrogen-bond donors (Lipinski definition) is 1. The molecule has 1 amide bonds. The second-order valence-electron chi connectivity index (χ2n) is 7.65. The molecule has 2 rings (SSSR count). The van der Waals surface area contributed by atoms with Crippen LogP contribution in [0.15, 0.2) is 42.5 Å². The van der Waals surface area contributed by atoms with E-state index in [9.17, 15) is 13.2 Å². The lowest BCUT2D eigenvalue weighted by molar-refractivity contribution is -0.121. The number of nitrogens with one attached hydrogen (secondary N) is 1. The number of amides is 1. The highest BCUT2D eigenvalue weighted by Gasteiger charge is 2.19. The van der Waals surface area contributed by atoms with Crippen LogP contribution in [0.3, 0.4) is 0 Å². The summed E-state index contributed by atoms with van der Waals surface area (Å²) in [5.41, 5.74) is 5.06. The van der Waals surface area contributed by atoms with Gasteiger partial charge in [-0.25, -0.2) is 8.42 Å². The second kappa shape index (κ2) is 9.92. The Morgan fingerprint density at radius 1 is 1.03 bits per heavy atom. The molecule has 0 saturated carbocycles. The highest BCUT2D eigenvalue weighted by Crippen LogP contribution is 2.22. The molecule has 0 aliphatic carbocycles. The monoisotopic (exact) mass is 416 g/mol. The minimum absolute atomic E-state index is 0.0335. The lowest BCUT2D eigenvalue weighted by atomic mass is 10.0. The maximum Gasteiger partial charge on any atom is 0.232 e. The summed E-state index contributed by atoms with van der Waals surface area (Å²) in [6.07, 6.45) is 2.73. The molecule has 0 radical (unpaired) electrons. The molecule has 1 N–H and O–H groups in total. The molecule has 0 spiro atoms. The first-order chi connectivity index (χ1) is 13.6. The van der Waals surface area contributed by atoms with E-state index in [1.807, 2.05) is 70.2 Å². The van der Waals surface area contributed by atoms with Crippen molar-refractivity contribution in [3.05, 3.63) is 64.7 Å². The van der Waals surface area contributed by atoms with Gasteiger partial charge in [0.15, 0.2) is 0 Å². The number of nitrogens with zero attached hydrogens (tertiary/aromatic N) is 1. The van der Waals surface area contributed by atoms with Gasteiger partial charge in [-0.2, -0.15) is 0 Å². The van der Waals surface area contributed by atoms with E-state index in [2.05, 4.69) is 5.32 Å². The molecular weight excluding hydrogens is 384 g/mol. The topological polar surface area (TPSA) is 66.5 Å². The highest BCUT2D eigenvalue weighted by atomic mass is 32.2. The molecule has 29 heavy (non-hydrogen) atoms. The maximum atomic E-state index is 12.4. The molecule has 0 saturated heterocycles. The van der Waals surface area contributed by atoms with Crippen molar-refractivity contribution in [3.63, 3.8) is 0 Å². The standard InChI is InChI=1S/C23H32N2O3S/c1-6-22(20-12-9-17(2)10-13-20)24-23(26)8-7-15-25(29(5,27)28)21-14-11-18(3)19(4)16-21/h9-14,16,22H,6-8,15H2,1-5H3,(H,24,26). The SMILES string of the molecule is CCC(NC(=O)CCCN(c1ccc(C)c(C)c1)S(C)(=O)=O)c1ccc(C)cc1. The van der Waals surface area contributed by atoms with Crippen molar-refractivity contribution in [2.45, 2.75) is 53.0 Å². The van der Waals surface area contributed by atoms with E-state index in [-0.39, 0.29) is 24.9 Å². The Kier molecular flexibility index (Phi) is 7.85. The third kappa shape index (κ3) is 6.60. The average Bonchev–Trinajstić information content (AvgIpc) is 2.65. The van der Waals surface area contributed by atoms with Crippen molar-refractivity contribution in [2.24, 2.45) is 0 Å². The molecule has 158 valence electrons. The summed E-state index contributed by atoms with van der Waals surface area (Å²) < 4.78 is 25.9. The molecule has 2 aromatic rings. The summed E-state index contributed by atoms with van der Waals surface area (Å²) in [6, 6.07) is 13.7. The van der Waals surface area contributed by atoms with Gasteiger partial charge in [0.1, 0.15) is 0 Å². The van der Waals surface area contributed by atoms with Crippen LogP contribution in [0.5, 0.6) is 0 Å². The normalized spacial score (nSPS) is 12.4. The highest BCUT2D eigenvalue weighted by molar-refractivity contribution is 7.92. The number of hydrogen-bond acceptors (Lipinski definition) is 3. The number of aryl methyl sites for hydroxylation is 3. The van der Waals surface area contributed by atoms with Crippen molar-refractivity contribution in [1.82, 2.24) is 5.32 Å². The Bertz CT molecular complexity index is 937. The van der Waals surface area contributed by atoms with Crippen molar-refractivity contribution in [3.8, 4) is 0 Å². The van der Waals surface area contributed by atoms with Crippen LogP contribution in [0.1, 0.15) is 54.5 Å². The van der Waals surface area contributed by atoms with E-state index in [0.717, 1.165) is 23.1 Å². The average molecular weight is 417 g/mol. The summed E-state index contributed by atoms with van der Waals surface area (Å²) in [6.45, 7) is 8.30. The van der Waals surface area contributed by atoms with Gasteiger partial charge in [0.05, 0.1) is 18.0 Å². The molecule has 2 aromatic carbocycles. The van der Waals surface area contributed by atoms with Crippen molar-refractivity contribution < 1.29 is 13.2 Å². The number of rotatable bonds is 9. The minimum Gasteiger partial charge on any atom is -0.349 e. The third-order valence-electron chi connectivity index (χ3n) is 5.17. The van der Waals surface area contributed by atoms with Crippen LogP contribution in [-0.4, -0.2) is 27.1 Å². The van der Waals surface area contributed by atoms with Gasteiger partial charge in [0.25, 0.3) is 0 Å². The van der Waals surface area contributed by atoms with E-state index in [4.69, 9.17) is 0 Å². The summed E-state index contributed by atoms with van der Waals surface area (Å²) in [5, 5.41) is 3.06. The first-order valence-corrected chi connectivity index (χ1v) is 11.9. The van der Waals surface area contributed by atoms with Crippen LogP contribution in [0.2, 0.25) is 0 Å². The zero-order valence-electron chi connectivity index (χ0n) is 18.0. The van der Waals surface area contributed by atoms with Gasteiger partial charge in [0.2, 0.25) is 15.9 Å². The number of benzene rings is 2. The first-order valence-electron chi connectivity index (χ1n) is 10.0. The van der Waals surface area contributed by atoms with Gasteiger partial charge in [-0.05, 0) is 62.4 Å². The summed E-state index contributed by atoms with van der Waals surface area (Å²) in [5.74, 6) is -0.0639. The number of anilines is 1. The van der Waals surface area contributed by atoms with Crippen molar-refractivity contribution in [1.29, 1.82) is 0 Å². The Morgan fingerprint density at radius 2 is 1.69 bits per heavy atom. The largest absolute Gasteiger partial charge is 0.349 e. The van der Waals surface area contributed by atoms with Gasteiger partial charge in [-0.3, -0.25) is 9.10 Å². The van der Waals surface area contributed by atoms with Crippen LogP contribution in [0.25, 0.3) is 0 Å². The van der Waals surface area contributed by atoms with E-state index < -0.39 is 10.0 Å². The van der Waals surface area contributed by atoms with Gasteiger partial charge in [-0.1, -0.05) is 42.8 Å². The molecule has 6 heteroatoms. The summed E-state index contributed by atoms with van der Waals surface area (Å²) >= 11 is 0. The predicted octanol–water partition coefficient (Wildman–Crippen LogP) is 4.43. The lowest BCUT2D eigenvalue weighted by Crippen LogP contribution is -2.33. The summed E-state index contributed by atoms with van der Waals surface area (Å²) in [7, 11) is -3.42.